The summed E-state index contributed by atoms with van der Waals surface area (Å²) < 4.78 is 91.7. The number of nitrogens with zero attached hydrogens (tertiary/aromatic N) is 4. The van der Waals surface area contributed by atoms with E-state index in [4.69, 9.17) is 4.74 Å². The van der Waals surface area contributed by atoms with Gasteiger partial charge < -0.3 is 4.74 Å². The van der Waals surface area contributed by atoms with Crippen molar-refractivity contribution in [3.8, 4) is 5.75 Å². The van der Waals surface area contributed by atoms with Gasteiger partial charge in [0.2, 0.25) is 0 Å². The largest absolute Gasteiger partial charge is 0.486 e. The average Bonchev–Trinajstić information content (AvgIpc) is 3.16. The normalized spacial score (nSPS) is 20.4. The van der Waals surface area contributed by atoms with Crippen molar-refractivity contribution in [3.05, 3.63) is 60.3 Å². The molecule has 3 aromatic rings. The number of nitrogens with one attached hydrogen (secondary N) is 1. The summed E-state index contributed by atoms with van der Waals surface area (Å²) in [5.41, 5.74) is 0.615. The molecule has 2 atom stereocenters. The Morgan fingerprint density at radius 1 is 1.18 bits per heavy atom. The van der Waals surface area contributed by atoms with Crippen LogP contribution in [-0.4, -0.2) is 40.2 Å². The van der Waals surface area contributed by atoms with E-state index < -0.39 is 56.7 Å². The highest BCUT2D eigenvalue weighted by molar-refractivity contribution is 7.92. The van der Waals surface area contributed by atoms with Crippen molar-refractivity contribution in [2.75, 3.05) is 4.72 Å². The fourth-order valence-electron chi connectivity index (χ4n) is 3.81. The standard InChI is InChI=1S/C20H19F4N5O3S/c1-29-15(3-7-27-29)12-2-5-20(23,24)10-17(12)32-16-8-14(22)18(9-13(16)21)33(30,31)28-19-4-6-25-11-26-19/h3-4,6-9,11-12,17H,2,5,10H2,1H3,(H,25,26,28). The first-order valence-corrected chi connectivity index (χ1v) is 11.3. The topological polar surface area (TPSA) is 99.0 Å². The van der Waals surface area contributed by atoms with E-state index in [0.29, 0.717) is 17.8 Å². The summed E-state index contributed by atoms with van der Waals surface area (Å²) in [4.78, 5) is 6.32. The van der Waals surface area contributed by atoms with Crippen LogP contribution in [0.15, 0.2) is 47.9 Å². The van der Waals surface area contributed by atoms with Crippen LogP contribution in [0.5, 0.6) is 5.75 Å². The van der Waals surface area contributed by atoms with E-state index in [1.54, 1.807) is 13.1 Å². The molecule has 0 amide bonds. The lowest BCUT2D eigenvalue weighted by Crippen LogP contribution is -2.39. The van der Waals surface area contributed by atoms with E-state index in [-0.39, 0.29) is 18.7 Å². The van der Waals surface area contributed by atoms with Gasteiger partial charge in [-0.25, -0.2) is 35.9 Å². The second-order valence-electron chi connectivity index (χ2n) is 7.65. The minimum atomic E-state index is -4.53. The predicted octanol–water partition coefficient (Wildman–Crippen LogP) is 3.64. The Bertz CT molecular complexity index is 1250. The number of hydrogen-bond acceptors (Lipinski definition) is 6. The lowest BCUT2D eigenvalue weighted by molar-refractivity contribution is -0.0787. The first-order valence-electron chi connectivity index (χ1n) is 9.86. The number of rotatable bonds is 6. The van der Waals surface area contributed by atoms with Crippen LogP contribution >= 0.6 is 0 Å². The fraction of sp³-hybridized carbons (Fsp3) is 0.350. The molecule has 0 spiro atoms. The number of ether oxygens (including phenoxy) is 1. The van der Waals surface area contributed by atoms with Crippen LogP contribution < -0.4 is 9.46 Å². The summed E-state index contributed by atoms with van der Waals surface area (Å²) >= 11 is 0. The third-order valence-corrected chi connectivity index (χ3v) is 6.75. The van der Waals surface area contributed by atoms with Crippen LogP contribution in [0.4, 0.5) is 23.4 Å². The zero-order chi connectivity index (χ0) is 23.8. The number of anilines is 1. The summed E-state index contributed by atoms with van der Waals surface area (Å²) in [7, 11) is -2.89. The van der Waals surface area contributed by atoms with E-state index in [1.807, 2.05) is 4.72 Å². The molecular formula is C20H19F4N5O3S. The van der Waals surface area contributed by atoms with E-state index in [0.717, 1.165) is 6.33 Å². The van der Waals surface area contributed by atoms with Crippen LogP contribution in [0.1, 0.15) is 30.9 Å². The Labute approximate surface area is 186 Å². The molecule has 2 unspecified atom stereocenters. The van der Waals surface area contributed by atoms with Crippen molar-refractivity contribution in [1.29, 1.82) is 0 Å². The summed E-state index contributed by atoms with van der Waals surface area (Å²) in [5, 5.41) is 4.03. The lowest BCUT2D eigenvalue weighted by atomic mass is 9.82. The molecule has 0 radical (unpaired) electrons. The van der Waals surface area contributed by atoms with Gasteiger partial charge in [-0.15, -0.1) is 0 Å². The van der Waals surface area contributed by atoms with Crippen molar-refractivity contribution in [1.82, 2.24) is 19.7 Å². The second kappa shape index (κ2) is 8.61. The van der Waals surface area contributed by atoms with Gasteiger partial charge in [0.25, 0.3) is 15.9 Å². The molecule has 0 bridgehead atoms. The van der Waals surface area contributed by atoms with Gasteiger partial charge in [0, 0.05) is 56.0 Å². The number of hydrogen-bond donors (Lipinski definition) is 1. The zero-order valence-electron chi connectivity index (χ0n) is 17.3. The maximum absolute atomic E-state index is 14.8. The molecule has 2 heterocycles. The van der Waals surface area contributed by atoms with Gasteiger partial charge in [-0.05, 0) is 18.6 Å². The number of aromatic nitrogens is 4. The monoisotopic (exact) mass is 485 g/mol. The van der Waals surface area contributed by atoms with Crippen molar-refractivity contribution in [3.63, 3.8) is 0 Å². The Morgan fingerprint density at radius 2 is 1.97 bits per heavy atom. The lowest BCUT2D eigenvalue weighted by Gasteiger charge is -2.36. The summed E-state index contributed by atoms with van der Waals surface area (Å²) in [6, 6.07) is 3.85. The number of alkyl halides is 2. The molecule has 4 rings (SSSR count). The van der Waals surface area contributed by atoms with Crippen LogP contribution in [0.2, 0.25) is 0 Å². The van der Waals surface area contributed by atoms with Gasteiger partial charge in [0.05, 0.1) is 0 Å². The van der Waals surface area contributed by atoms with Crippen LogP contribution in [-0.2, 0) is 17.1 Å². The van der Waals surface area contributed by atoms with E-state index >= 15 is 0 Å². The minimum Gasteiger partial charge on any atom is -0.486 e. The van der Waals surface area contributed by atoms with Gasteiger partial charge in [-0.3, -0.25) is 9.40 Å². The van der Waals surface area contributed by atoms with Gasteiger partial charge >= 0.3 is 0 Å². The Kier molecular flexibility index (Phi) is 5.99. The first-order chi connectivity index (χ1) is 15.6. The highest BCUT2D eigenvalue weighted by Gasteiger charge is 2.44. The van der Waals surface area contributed by atoms with Crippen molar-refractivity contribution in [2.45, 2.75) is 42.1 Å². The predicted molar refractivity (Wildman–Crippen MR) is 108 cm³/mol. The molecule has 1 N–H and O–H groups in total. The maximum Gasteiger partial charge on any atom is 0.266 e. The summed E-state index contributed by atoms with van der Waals surface area (Å²) in [6.45, 7) is 0. The van der Waals surface area contributed by atoms with Gasteiger partial charge in [0.15, 0.2) is 11.6 Å². The fourth-order valence-corrected chi connectivity index (χ4v) is 4.89. The molecule has 0 saturated heterocycles. The Morgan fingerprint density at radius 3 is 2.64 bits per heavy atom. The van der Waals surface area contributed by atoms with Crippen molar-refractivity contribution < 1.29 is 30.7 Å². The maximum atomic E-state index is 14.8. The Balaban J connectivity index is 1.62. The molecule has 0 aliphatic heterocycles. The SMILES string of the molecule is Cn1nccc1C1CCC(F)(F)CC1Oc1cc(F)c(S(=O)(=O)Nc2ccncn2)cc1F. The third-order valence-electron chi connectivity index (χ3n) is 5.38. The van der Waals surface area contributed by atoms with Crippen molar-refractivity contribution >= 4 is 15.8 Å². The van der Waals surface area contributed by atoms with Gasteiger partial charge in [0.1, 0.15) is 29.0 Å². The molecule has 1 aliphatic rings. The molecule has 1 aliphatic carbocycles. The minimum absolute atomic E-state index is 0.0522. The molecule has 8 nitrogen and oxygen atoms in total. The number of benzene rings is 1. The van der Waals surface area contributed by atoms with Crippen molar-refractivity contribution in [2.24, 2.45) is 7.05 Å². The first kappa shape index (κ1) is 23.0. The van der Waals surface area contributed by atoms with Crippen LogP contribution in [0.25, 0.3) is 0 Å². The van der Waals surface area contributed by atoms with E-state index in [2.05, 4.69) is 15.1 Å². The zero-order valence-corrected chi connectivity index (χ0v) is 18.1. The quantitative estimate of drug-likeness (QED) is 0.536. The molecule has 13 heteroatoms. The number of halogens is 4. The van der Waals surface area contributed by atoms with E-state index in [1.165, 1.54) is 23.1 Å². The number of sulfonamides is 1. The average molecular weight is 485 g/mol. The second-order valence-corrected chi connectivity index (χ2v) is 9.31. The molecule has 33 heavy (non-hydrogen) atoms. The smallest absolute Gasteiger partial charge is 0.266 e. The third kappa shape index (κ3) is 4.92. The van der Waals surface area contributed by atoms with Crippen LogP contribution in [0, 0.1) is 11.6 Å². The Hall–Kier alpha value is -3.22. The number of aryl methyl sites for hydroxylation is 1. The molecule has 2 aromatic heterocycles. The molecular weight excluding hydrogens is 466 g/mol. The highest BCUT2D eigenvalue weighted by Crippen LogP contribution is 2.43. The van der Waals surface area contributed by atoms with Gasteiger partial charge in [-0.2, -0.15) is 5.10 Å². The summed E-state index contributed by atoms with van der Waals surface area (Å²) in [6.07, 6.45) is 1.62. The highest BCUT2D eigenvalue weighted by atomic mass is 32.2. The van der Waals surface area contributed by atoms with E-state index in [9.17, 15) is 26.0 Å². The molecule has 1 saturated carbocycles. The van der Waals surface area contributed by atoms with Crippen LogP contribution in [0.3, 0.4) is 0 Å². The molecule has 176 valence electrons. The summed E-state index contributed by atoms with van der Waals surface area (Å²) in [5.74, 6) is -6.91. The van der Waals surface area contributed by atoms with Gasteiger partial charge in [-0.1, -0.05) is 0 Å². The molecule has 1 fully saturated rings. The molecule has 1 aromatic carbocycles.